The van der Waals surface area contributed by atoms with Crippen molar-refractivity contribution in [3.63, 3.8) is 0 Å². The van der Waals surface area contributed by atoms with Gasteiger partial charge in [-0.25, -0.2) is 4.98 Å². The maximum Gasteiger partial charge on any atom is 0.146 e. The molecule has 4 heteroatoms. The van der Waals surface area contributed by atoms with Gasteiger partial charge in [0.15, 0.2) is 0 Å². The van der Waals surface area contributed by atoms with Crippen LogP contribution >= 0.6 is 0 Å². The van der Waals surface area contributed by atoms with Gasteiger partial charge in [-0.2, -0.15) is 0 Å². The predicted molar refractivity (Wildman–Crippen MR) is 39.6 cm³/mol. The first kappa shape index (κ1) is 6.67. The molecule has 0 aliphatic carbocycles. The minimum absolute atomic E-state index is 0.334. The van der Waals surface area contributed by atoms with Gasteiger partial charge in [0.05, 0.1) is 19.0 Å². The van der Waals surface area contributed by atoms with Crippen molar-refractivity contribution >= 4 is 11.5 Å². The highest BCUT2D eigenvalue weighted by atomic mass is 16.5. The van der Waals surface area contributed by atoms with Crippen molar-refractivity contribution in [1.29, 1.82) is 0 Å². The quantitative estimate of drug-likeness (QED) is 0.585. The second-order valence-electron chi connectivity index (χ2n) is 1.85. The lowest BCUT2D eigenvalue weighted by atomic mass is 10.4. The number of rotatable bonds is 1. The molecular formula is C6H9N3O. The minimum Gasteiger partial charge on any atom is -0.495 e. The fraction of sp³-hybridized carbons (Fsp3) is 0.167. The Bertz CT molecular complexity index is 236. The van der Waals surface area contributed by atoms with Gasteiger partial charge in [0.25, 0.3) is 0 Å². The third-order valence-corrected chi connectivity index (χ3v) is 1.16. The maximum absolute atomic E-state index is 5.43. The molecule has 0 atom stereocenters. The van der Waals surface area contributed by atoms with E-state index in [1.165, 1.54) is 6.20 Å². The normalized spacial score (nSPS) is 9.30. The van der Waals surface area contributed by atoms with Crippen molar-refractivity contribution in [2.24, 2.45) is 0 Å². The Morgan fingerprint density at radius 1 is 1.50 bits per heavy atom. The van der Waals surface area contributed by atoms with E-state index in [0.717, 1.165) is 0 Å². The SMILES string of the molecule is COc1cnc(N)c(N)c1. The number of aromatic nitrogens is 1. The number of nitrogen functional groups attached to an aromatic ring is 2. The summed E-state index contributed by atoms with van der Waals surface area (Å²) < 4.78 is 4.85. The van der Waals surface area contributed by atoms with E-state index in [2.05, 4.69) is 4.98 Å². The smallest absolute Gasteiger partial charge is 0.146 e. The number of nitrogens with zero attached hydrogens (tertiary/aromatic N) is 1. The van der Waals surface area contributed by atoms with Crippen LogP contribution in [-0.2, 0) is 0 Å². The summed E-state index contributed by atoms with van der Waals surface area (Å²) in [6, 6.07) is 1.63. The number of methoxy groups -OCH3 is 1. The van der Waals surface area contributed by atoms with Gasteiger partial charge >= 0.3 is 0 Å². The van der Waals surface area contributed by atoms with Crippen molar-refractivity contribution in [3.8, 4) is 5.75 Å². The van der Waals surface area contributed by atoms with E-state index in [4.69, 9.17) is 16.2 Å². The molecule has 0 fully saturated rings. The van der Waals surface area contributed by atoms with Crippen LogP contribution in [0.4, 0.5) is 11.5 Å². The molecule has 54 valence electrons. The van der Waals surface area contributed by atoms with Gasteiger partial charge in [-0.05, 0) is 0 Å². The predicted octanol–water partition coefficient (Wildman–Crippen LogP) is 0.255. The highest BCUT2D eigenvalue weighted by molar-refractivity contribution is 5.59. The van der Waals surface area contributed by atoms with Crippen LogP contribution in [0.15, 0.2) is 12.3 Å². The summed E-state index contributed by atoms with van der Waals surface area (Å²) in [7, 11) is 1.55. The third kappa shape index (κ3) is 1.10. The van der Waals surface area contributed by atoms with Crippen molar-refractivity contribution in [1.82, 2.24) is 4.98 Å². The molecule has 4 nitrogen and oxygen atoms in total. The molecule has 4 N–H and O–H groups in total. The van der Waals surface area contributed by atoms with E-state index >= 15 is 0 Å². The van der Waals surface area contributed by atoms with Crippen LogP contribution in [0.25, 0.3) is 0 Å². The van der Waals surface area contributed by atoms with Crippen molar-refractivity contribution in [2.75, 3.05) is 18.6 Å². The fourth-order valence-corrected chi connectivity index (χ4v) is 0.584. The first-order chi connectivity index (χ1) is 4.74. The van der Waals surface area contributed by atoms with Crippen LogP contribution in [0.5, 0.6) is 5.75 Å². The molecule has 0 aliphatic heterocycles. The Morgan fingerprint density at radius 3 is 2.70 bits per heavy atom. The lowest BCUT2D eigenvalue weighted by Crippen LogP contribution is -1.97. The first-order valence-corrected chi connectivity index (χ1v) is 2.79. The molecule has 1 rings (SSSR count). The minimum atomic E-state index is 0.334. The molecule has 0 spiro atoms. The molecule has 0 aromatic carbocycles. The average Bonchev–Trinajstić information content (AvgIpc) is 1.95. The van der Waals surface area contributed by atoms with Crippen LogP contribution in [-0.4, -0.2) is 12.1 Å². The van der Waals surface area contributed by atoms with Gasteiger partial charge in [-0.3, -0.25) is 0 Å². The molecule has 0 unspecified atom stereocenters. The monoisotopic (exact) mass is 139 g/mol. The fourth-order valence-electron chi connectivity index (χ4n) is 0.584. The Balaban J connectivity index is 3.04. The number of hydrogen-bond acceptors (Lipinski definition) is 4. The van der Waals surface area contributed by atoms with Crippen molar-refractivity contribution in [2.45, 2.75) is 0 Å². The van der Waals surface area contributed by atoms with Crippen molar-refractivity contribution < 1.29 is 4.74 Å². The lowest BCUT2D eigenvalue weighted by Gasteiger charge is -2.01. The molecule has 0 saturated carbocycles. The Hall–Kier alpha value is -1.45. The molecule has 0 radical (unpaired) electrons. The zero-order valence-corrected chi connectivity index (χ0v) is 5.66. The summed E-state index contributed by atoms with van der Waals surface area (Å²) in [5.74, 6) is 0.951. The second-order valence-corrected chi connectivity index (χ2v) is 1.85. The lowest BCUT2D eigenvalue weighted by molar-refractivity contribution is 0.413. The zero-order chi connectivity index (χ0) is 7.56. The standard InChI is InChI=1S/C6H9N3O/c1-10-4-2-5(7)6(8)9-3-4/h2-3H,7H2,1H3,(H2,8,9). The summed E-state index contributed by atoms with van der Waals surface area (Å²) >= 11 is 0. The van der Waals surface area contributed by atoms with E-state index in [1.54, 1.807) is 13.2 Å². The van der Waals surface area contributed by atoms with E-state index in [9.17, 15) is 0 Å². The molecule has 1 aromatic heterocycles. The summed E-state index contributed by atoms with van der Waals surface area (Å²) in [5, 5.41) is 0. The second kappa shape index (κ2) is 2.43. The average molecular weight is 139 g/mol. The first-order valence-electron chi connectivity index (χ1n) is 2.79. The van der Waals surface area contributed by atoms with Crippen LogP contribution in [0.1, 0.15) is 0 Å². The third-order valence-electron chi connectivity index (χ3n) is 1.16. The number of pyridine rings is 1. The molecule has 0 saturated heterocycles. The highest BCUT2D eigenvalue weighted by Gasteiger charge is 1.96. The van der Waals surface area contributed by atoms with E-state index in [1.807, 2.05) is 0 Å². The number of hydrogen-bond donors (Lipinski definition) is 2. The highest BCUT2D eigenvalue weighted by Crippen LogP contribution is 2.17. The summed E-state index contributed by atoms with van der Waals surface area (Å²) in [4.78, 5) is 3.78. The van der Waals surface area contributed by atoms with Gasteiger partial charge in [0.2, 0.25) is 0 Å². The number of anilines is 2. The molecule has 0 aliphatic rings. The largest absolute Gasteiger partial charge is 0.495 e. The molecule has 0 amide bonds. The van der Waals surface area contributed by atoms with Gasteiger partial charge in [0, 0.05) is 6.07 Å². The Morgan fingerprint density at radius 2 is 2.20 bits per heavy atom. The van der Waals surface area contributed by atoms with E-state index < -0.39 is 0 Å². The topological polar surface area (TPSA) is 74.2 Å². The van der Waals surface area contributed by atoms with Crippen LogP contribution in [0.3, 0.4) is 0 Å². The van der Waals surface area contributed by atoms with Gasteiger partial charge in [0.1, 0.15) is 11.6 Å². The van der Waals surface area contributed by atoms with Crippen LogP contribution in [0.2, 0.25) is 0 Å². The van der Waals surface area contributed by atoms with Crippen LogP contribution < -0.4 is 16.2 Å². The van der Waals surface area contributed by atoms with Crippen LogP contribution in [0, 0.1) is 0 Å². The molecule has 10 heavy (non-hydrogen) atoms. The summed E-state index contributed by atoms with van der Waals surface area (Å²) in [6.07, 6.45) is 1.52. The maximum atomic E-state index is 5.43. The Kier molecular flexibility index (Phi) is 1.62. The molecule has 0 bridgehead atoms. The van der Waals surface area contributed by atoms with Gasteiger partial charge in [-0.15, -0.1) is 0 Å². The Labute approximate surface area is 58.8 Å². The number of nitrogens with two attached hydrogens (primary N) is 2. The molecular weight excluding hydrogens is 130 g/mol. The zero-order valence-electron chi connectivity index (χ0n) is 5.66. The molecule has 1 aromatic rings. The van der Waals surface area contributed by atoms with E-state index in [-0.39, 0.29) is 0 Å². The summed E-state index contributed by atoms with van der Waals surface area (Å²) in [6.45, 7) is 0. The van der Waals surface area contributed by atoms with Crippen molar-refractivity contribution in [3.05, 3.63) is 12.3 Å². The summed E-state index contributed by atoms with van der Waals surface area (Å²) in [5.41, 5.74) is 11.2. The molecule has 1 heterocycles. The van der Waals surface area contributed by atoms with Gasteiger partial charge < -0.3 is 16.2 Å². The van der Waals surface area contributed by atoms with Gasteiger partial charge in [-0.1, -0.05) is 0 Å². The van der Waals surface area contributed by atoms with E-state index in [0.29, 0.717) is 17.3 Å². The number of ether oxygens (including phenoxy) is 1.